The molecule has 14 heteroatoms. The summed E-state index contributed by atoms with van der Waals surface area (Å²) in [5, 5.41) is 5.61. The van der Waals surface area contributed by atoms with Crippen LogP contribution < -0.4 is 21.3 Å². The third-order valence-corrected chi connectivity index (χ3v) is 7.32. The van der Waals surface area contributed by atoms with Gasteiger partial charge in [0.2, 0.25) is 11.8 Å². The summed E-state index contributed by atoms with van der Waals surface area (Å²) in [6, 6.07) is 3.60. The van der Waals surface area contributed by atoms with E-state index in [0.717, 1.165) is 22.5 Å². The van der Waals surface area contributed by atoms with Gasteiger partial charge in [0.15, 0.2) is 0 Å². The Morgan fingerprint density at radius 2 is 1.55 bits per heavy atom. The van der Waals surface area contributed by atoms with E-state index < -0.39 is 35.9 Å². The molecule has 0 fully saturated rings. The van der Waals surface area contributed by atoms with Crippen LogP contribution in [0, 0.1) is 11.8 Å². The number of carbonyl (C=O) groups is 3. The molecule has 0 radical (unpaired) electrons. The largest absolute Gasteiger partial charge is 0.464 e. The maximum atomic E-state index is 13.2. The lowest BCUT2D eigenvalue weighted by atomic mass is 10.00. The summed E-state index contributed by atoms with van der Waals surface area (Å²) in [6.45, 7) is 11.2. The molecular weight excluding hydrogens is 650 g/mol. The number of aryl methyl sites for hydroxylation is 2. The molecule has 2 amide bonds. The quantitative estimate of drug-likeness (QED) is 0.153. The number of benzene rings is 1. The number of nitrogens with zero attached hydrogens (tertiary/aromatic N) is 3. The van der Waals surface area contributed by atoms with Gasteiger partial charge in [0.1, 0.15) is 17.9 Å². The van der Waals surface area contributed by atoms with E-state index in [9.17, 15) is 14.4 Å². The zero-order valence-electron chi connectivity index (χ0n) is 26.6. The number of nitrogens with two attached hydrogens (primary N) is 1. The number of nitrogens with one attached hydrogen (secondary N) is 2. The molecule has 1 aromatic carbocycles. The van der Waals surface area contributed by atoms with Crippen LogP contribution >= 0.6 is 48.0 Å². The van der Waals surface area contributed by atoms with Gasteiger partial charge in [-0.25, -0.2) is 9.78 Å². The molecule has 1 aromatic heterocycles. The second kappa shape index (κ2) is 20.9. The second-order valence-electron chi connectivity index (χ2n) is 11.4. The van der Waals surface area contributed by atoms with Crippen LogP contribution in [0.1, 0.15) is 59.7 Å². The van der Waals surface area contributed by atoms with Gasteiger partial charge in [-0.3, -0.25) is 9.59 Å². The lowest BCUT2D eigenvalue weighted by Crippen LogP contribution is -2.55. The molecule has 3 atom stereocenters. The molecule has 0 spiro atoms. The first-order valence-electron chi connectivity index (χ1n) is 14.8. The highest BCUT2D eigenvalue weighted by molar-refractivity contribution is 6.18. The molecule has 0 aliphatic heterocycles. The first-order valence-corrected chi connectivity index (χ1v) is 15.8. The number of hydrogen-bond donors (Lipinski definition) is 3. The van der Waals surface area contributed by atoms with E-state index in [1.165, 1.54) is 0 Å². The number of hydrogen-bond acceptors (Lipinski definition) is 7. The summed E-state index contributed by atoms with van der Waals surface area (Å²) in [4.78, 5) is 45.7. The van der Waals surface area contributed by atoms with Crippen molar-refractivity contribution < 1.29 is 19.1 Å². The van der Waals surface area contributed by atoms with Gasteiger partial charge < -0.3 is 30.6 Å². The average molecular weight is 701 g/mol. The number of fused-ring (bicyclic) bond motifs is 1. The Labute approximate surface area is 284 Å². The number of aromatic nitrogens is 2. The van der Waals surface area contributed by atoms with Gasteiger partial charge >= 0.3 is 5.97 Å². The normalized spacial score (nSPS) is 13.1. The summed E-state index contributed by atoms with van der Waals surface area (Å²) in [6.07, 6.45) is 1.65. The predicted molar refractivity (Wildman–Crippen MR) is 185 cm³/mol. The Hall–Kier alpha value is -1.98. The second-order valence-corrected chi connectivity index (χ2v) is 12.2. The highest BCUT2D eigenvalue weighted by Crippen LogP contribution is 2.23. The third kappa shape index (κ3) is 12.8. The number of carbonyl (C=O) groups excluding carboxylic acids is 3. The fourth-order valence-corrected chi connectivity index (χ4v) is 5.24. The summed E-state index contributed by atoms with van der Waals surface area (Å²) in [5.41, 5.74) is 9.09. The lowest BCUT2D eigenvalue weighted by molar-refractivity contribution is -0.148. The van der Waals surface area contributed by atoms with Gasteiger partial charge in [0, 0.05) is 44.0 Å². The monoisotopic (exact) mass is 698 g/mol. The van der Waals surface area contributed by atoms with Gasteiger partial charge in [-0.05, 0) is 56.2 Å². The lowest BCUT2D eigenvalue weighted by Gasteiger charge is -2.25. The van der Waals surface area contributed by atoms with Crippen LogP contribution in [0.25, 0.3) is 11.0 Å². The molecule has 1 heterocycles. The van der Waals surface area contributed by atoms with Crippen molar-refractivity contribution in [3.8, 4) is 0 Å². The zero-order valence-corrected chi connectivity index (χ0v) is 29.8. The van der Waals surface area contributed by atoms with E-state index in [-0.39, 0.29) is 43.3 Å². The molecule has 0 saturated heterocycles. The summed E-state index contributed by atoms with van der Waals surface area (Å²) < 4.78 is 7.15. The Morgan fingerprint density at radius 1 is 0.977 bits per heavy atom. The number of amides is 2. The number of esters is 1. The van der Waals surface area contributed by atoms with E-state index in [4.69, 9.17) is 38.7 Å². The highest BCUT2D eigenvalue weighted by Gasteiger charge is 2.30. The van der Waals surface area contributed by atoms with E-state index in [2.05, 4.69) is 15.5 Å². The molecule has 0 saturated carbocycles. The van der Waals surface area contributed by atoms with Crippen LogP contribution in [0.15, 0.2) is 18.2 Å². The molecule has 252 valence electrons. The Bertz CT molecular complexity index is 1170. The average Bonchev–Trinajstić information content (AvgIpc) is 3.24. The van der Waals surface area contributed by atoms with Crippen molar-refractivity contribution in [2.24, 2.45) is 24.6 Å². The maximum Gasteiger partial charge on any atom is 0.328 e. The summed E-state index contributed by atoms with van der Waals surface area (Å²) in [7, 11) is 1.94. The Balaban J connectivity index is 0.00000924. The van der Waals surface area contributed by atoms with Crippen molar-refractivity contribution in [3.63, 3.8) is 0 Å². The predicted octanol–water partition coefficient (Wildman–Crippen LogP) is 4.59. The summed E-state index contributed by atoms with van der Waals surface area (Å²) in [5.74, 6) is 0.740. The SMILES string of the molecule is CCOC(=O)C(CC(C)C)NC(=O)C(CC(C)C)NC(=O)C(N)CCc1nc2cc(N(CCCl)CCCl)ccc2n1C.Cl.Cl. The van der Waals surface area contributed by atoms with Crippen LogP contribution in [0.5, 0.6) is 0 Å². The minimum Gasteiger partial charge on any atom is -0.464 e. The topological polar surface area (TPSA) is 132 Å². The summed E-state index contributed by atoms with van der Waals surface area (Å²) >= 11 is 11.9. The minimum absolute atomic E-state index is 0. The molecule has 0 bridgehead atoms. The number of imidazole rings is 1. The van der Waals surface area contributed by atoms with Gasteiger partial charge in [-0.2, -0.15) is 0 Å². The van der Waals surface area contributed by atoms with Gasteiger partial charge in [0.25, 0.3) is 0 Å². The standard InChI is InChI=1S/C30H48Cl2N6O4.2ClH/c1-7-42-30(41)25(17-20(4)5)36-29(40)24(16-19(2)3)35-28(39)22(33)9-11-27-34-23-18-21(8-10-26(23)37(27)6)38(14-12-31)15-13-32;;/h8,10,18-20,22,24-25H,7,9,11-17,33H2,1-6H3,(H,35,39)(H,36,40);2*1H. The molecule has 4 N–H and O–H groups in total. The van der Waals surface area contributed by atoms with Crippen molar-refractivity contribution in [2.75, 3.05) is 36.4 Å². The van der Waals surface area contributed by atoms with Crippen molar-refractivity contribution in [1.29, 1.82) is 0 Å². The minimum atomic E-state index is -0.845. The molecule has 44 heavy (non-hydrogen) atoms. The van der Waals surface area contributed by atoms with E-state index in [1.807, 2.05) is 57.5 Å². The first kappa shape index (κ1) is 42.0. The zero-order chi connectivity index (χ0) is 31.4. The van der Waals surface area contributed by atoms with E-state index >= 15 is 0 Å². The van der Waals surface area contributed by atoms with Crippen molar-refractivity contribution >= 4 is 82.5 Å². The van der Waals surface area contributed by atoms with Crippen LogP contribution in [-0.4, -0.2) is 76.9 Å². The van der Waals surface area contributed by atoms with Crippen LogP contribution in [0.2, 0.25) is 0 Å². The van der Waals surface area contributed by atoms with Crippen molar-refractivity contribution in [3.05, 3.63) is 24.0 Å². The molecule has 2 aromatic rings. The number of anilines is 1. The fraction of sp³-hybridized carbons (Fsp3) is 0.667. The Morgan fingerprint density at radius 3 is 2.09 bits per heavy atom. The third-order valence-electron chi connectivity index (χ3n) is 6.98. The number of halogens is 4. The van der Waals surface area contributed by atoms with Crippen LogP contribution in [-0.2, 0) is 32.6 Å². The number of ether oxygens (including phenoxy) is 1. The molecule has 0 aliphatic rings. The Kier molecular flexibility index (Phi) is 20.0. The van der Waals surface area contributed by atoms with Crippen LogP contribution in [0.3, 0.4) is 0 Å². The molecular formula is C30H50Cl4N6O4. The molecule has 0 aliphatic carbocycles. The molecule has 10 nitrogen and oxygen atoms in total. The smallest absolute Gasteiger partial charge is 0.328 e. The van der Waals surface area contributed by atoms with Gasteiger partial charge in [0.05, 0.1) is 23.7 Å². The number of alkyl halides is 2. The van der Waals surface area contributed by atoms with Crippen molar-refractivity contribution in [1.82, 2.24) is 20.2 Å². The highest BCUT2D eigenvalue weighted by atomic mass is 35.5. The molecule has 3 unspecified atom stereocenters. The maximum absolute atomic E-state index is 13.2. The number of rotatable bonds is 18. The van der Waals surface area contributed by atoms with Crippen molar-refractivity contribution in [2.45, 2.75) is 78.4 Å². The van der Waals surface area contributed by atoms with E-state index in [0.29, 0.717) is 50.5 Å². The first-order chi connectivity index (χ1) is 19.9. The van der Waals surface area contributed by atoms with Gasteiger partial charge in [-0.15, -0.1) is 48.0 Å². The fourth-order valence-electron chi connectivity index (χ4n) is 4.83. The van der Waals surface area contributed by atoms with Gasteiger partial charge in [-0.1, -0.05) is 27.7 Å². The van der Waals surface area contributed by atoms with Crippen LogP contribution in [0.4, 0.5) is 5.69 Å². The molecule has 2 rings (SSSR count). The van der Waals surface area contributed by atoms with E-state index in [1.54, 1.807) is 6.92 Å².